The van der Waals surface area contributed by atoms with Gasteiger partial charge in [0, 0.05) is 31.4 Å². The molecule has 0 spiro atoms. The number of ether oxygens (including phenoxy) is 1. The lowest BCUT2D eigenvalue weighted by atomic mass is 10.1. The number of pyridine rings is 1. The Morgan fingerprint density at radius 3 is 2.59 bits per heavy atom. The Hall–Kier alpha value is -3.91. The predicted octanol–water partition coefficient (Wildman–Crippen LogP) is 5.00. The number of hydrazine groups is 1. The highest BCUT2D eigenvalue weighted by molar-refractivity contribution is 5.66. The summed E-state index contributed by atoms with van der Waals surface area (Å²) in [4.78, 5) is 14.1. The van der Waals surface area contributed by atoms with E-state index >= 15 is 0 Å². The van der Waals surface area contributed by atoms with Crippen LogP contribution in [0.4, 0.5) is 46.4 Å². The number of rotatable bonds is 7. The maximum Gasteiger partial charge on any atom is 0.416 e. The molecule has 3 aromatic rings. The Bertz CT molecular complexity index is 1310. The Morgan fingerprint density at radius 2 is 1.90 bits per heavy atom. The molecule has 206 valence electrons. The number of aromatic nitrogens is 3. The average Bonchev–Trinajstić information content (AvgIpc) is 3.37. The van der Waals surface area contributed by atoms with Gasteiger partial charge in [0.25, 0.3) is 5.95 Å². The number of hydrogen-bond donors (Lipinski definition) is 2. The van der Waals surface area contributed by atoms with E-state index in [1.807, 2.05) is 6.92 Å². The lowest BCUT2D eigenvalue weighted by molar-refractivity contribution is -0.137. The van der Waals surface area contributed by atoms with Crippen molar-refractivity contribution in [3.05, 3.63) is 59.8 Å². The minimum Gasteiger partial charge on any atom is -0.378 e. The topological polar surface area (TPSA) is 103 Å². The number of morpholine rings is 1. The second-order valence-corrected chi connectivity index (χ2v) is 9.24. The Balaban J connectivity index is 1.24. The van der Waals surface area contributed by atoms with Crippen LogP contribution in [0, 0.1) is 5.82 Å². The molecule has 0 aliphatic carbocycles. The molecule has 2 N–H and O–H groups in total. The van der Waals surface area contributed by atoms with Crippen molar-refractivity contribution in [2.75, 3.05) is 48.1 Å². The molecule has 0 saturated carbocycles. The molecule has 1 atom stereocenters. The van der Waals surface area contributed by atoms with E-state index < -0.39 is 17.6 Å². The zero-order valence-electron chi connectivity index (χ0n) is 21.1. The lowest BCUT2D eigenvalue weighted by Gasteiger charge is -2.27. The molecular weight excluding hydrogens is 518 g/mol. The van der Waals surface area contributed by atoms with Crippen LogP contribution in [0.15, 0.2) is 53.0 Å². The van der Waals surface area contributed by atoms with Crippen LogP contribution in [0.25, 0.3) is 0 Å². The van der Waals surface area contributed by atoms with Gasteiger partial charge in [0.2, 0.25) is 0 Å². The van der Waals surface area contributed by atoms with Crippen molar-refractivity contribution in [2.24, 2.45) is 10.2 Å². The van der Waals surface area contributed by atoms with Gasteiger partial charge in [0.05, 0.1) is 48.2 Å². The van der Waals surface area contributed by atoms with Gasteiger partial charge < -0.3 is 20.0 Å². The minimum absolute atomic E-state index is 0.0263. The van der Waals surface area contributed by atoms with Crippen LogP contribution in [-0.2, 0) is 17.5 Å². The van der Waals surface area contributed by atoms with Crippen LogP contribution in [0.2, 0.25) is 0 Å². The smallest absolute Gasteiger partial charge is 0.378 e. The zero-order valence-corrected chi connectivity index (χ0v) is 21.1. The number of alkyl halides is 3. The van der Waals surface area contributed by atoms with Crippen molar-refractivity contribution in [1.82, 2.24) is 20.4 Å². The number of anilines is 4. The number of halogens is 4. The summed E-state index contributed by atoms with van der Waals surface area (Å²) in [5.74, 6) is -0.360. The molecule has 0 amide bonds. The highest BCUT2D eigenvalue weighted by Gasteiger charge is 2.32. The summed E-state index contributed by atoms with van der Waals surface area (Å²) in [6, 6.07) is 7.43. The lowest BCUT2D eigenvalue weighted by Crippen LogP contribution is -2.37. The van der Waals surface area contributed by atoms with Gasteiger partial charge in [-0.25, -0.2) is 14.8 Å². The van der Waals surface area contributed by atoms with E-state index in [-0.39, 0.29) is 24.4 Å². The first-order valence-electron chi connectivity index (χ1n) is 12.5. The zero-order chi connectivity index (χ0) is 27.4. The molecule has 5 rings (SSSR count). The summed E-state index contributed by atoms with van der Waals surface area (Å²) in [6.45, 7) is 4.72. The molecule has 2 saturated heterocycles. The van der Waals surface area contributed by atoms with Gasteiger partial charge in [0.15, 0.2) is 11.6 Å². The third-order valence-corrected chi connectivity index (χ3v) is 6.25. The average molecular weight is 546 g/mol. The van der Waals surface area contributed by atoms with Gasteiger partial charge in [-0.1, -0.05) is 0 Å². The number of nitrogens with zero attached hydrogens (tertiary/aromatic N) is 7. The molecule has 39 heavy (non-hydrogen) atoms. The van der Waals surface area contributed by atoms with E-state index in [9.17, 15) is 17.6 Å². The van der Waals surface area contributed by atoms with Gasteiger partial charge in [-0.2, -0.15) is 23.3 Å². The summed E-state index contributed by atoms with van der Waals surface area (Å²) < 4.78 is 60.1. The van der Waals surface area contributed by atoms with Crippen LogP contribution in [0.1, 0.15) is 24.6 Å². The molecule has 4 heterocycles. The maximum atomic E-state index is 14.2. The largest absolute Gasteiger partial charge is 0.416 e. The number of hydrogen-bond acceptors (Lipinski definition) is 10. The van der Waals surface area contributed by atoms with Crippen molar-refractivity contribution in [1.29, 1.82) is 0 Å². The summed E-state index contributed by atoms with van der Waals surface area (Å²) in [5, 5.41) is 12.8. The van der Waals surface area contributed by atoms with E-state index in [0.29, 0.717) is 55.6 Å². The molecule has 10 nitrogen and oxygen atoms in total. The first-order chi connectivity index (χ1) is 18.7. The summed E-state index contributed by atoms with van der Waals surface area (Å²) >= 11 is 0. The number of azo groups is 1. The first kappa shape index (κ1) is 26.7. The fourth-order valence-electron chi connectivity index (χ4n) is 4.25. The van der Waals surface area contributed by atoms with Crippen molar-refractivity contribution in [3.8, 4) is 0 Å². The van der Waals surface area contributed by atoms with Crippen molar-refractivity contribution in [2.45, 2.75) is 32.1 Å². The minimum atomic E-state index is -4.48. The predicted molar refractivity (Wildman–Crippen MR) is 137 cm³/mol. The molecule has 1 unspecified atom stereocenters. The highest BCUT2D eigenvalue weighted by Crippen LogP contribution is 2.35. The van der Waals surface area contributed by atoms with Crippen LogP contribution < -0.4 is 20.7 Å². The van der Waals surface area contributed by atoms with Crippen LogP contribution >= 0.6 is 0 Å². The van der Waals surface area contributed by atoms with Crippen molar-refractivity contribution >= 4 is 28.8 Å². The van der Waals surface area contributed by atoms with Crippen LogP contribution in [-0.4, -0.2) is 53.8 Å². The molecule has 0 bridgehead atoms. The van der Waals surface area contributed by atoms with Crippen molar-refractivity contribution in [3.63, 3.8) is 0 Å². The van der Waals surface area contributed by atoms with E-state index in [1.54, 1.807) is 28.1 Å². The monoisotopic (exact) mass is 545 g/mol. The fraction of sp³-hybridized carbons (Fsp3) is 0.400. The van der Waals surface area contributed by atoms with Gasteiger partial charge in [0.1, 0.15) is 6.54 Å². The third-order valence-electron chi connectivity index (χ3n) is 6.25. The van der Waals surface area contributed by atoms with Gasteiger partial charge in [-0.3, -0.25) is 4.98 Å². The van der Waals surface area contributed by atoms with Gasteiger partial charge in [-0.05, 0) is 43.7 Å². The fourth-order valence-corrected chi connectivity index (χ4v) is 4.25. The second-order valence-electron chi connectivity index (χ2n) is 9.24. The van der Waals surface area contributed by atoms with Crippen LogP contribution in [0.5, 0.6) is 0 Å². The maximum absolute atomic E-state index is 14.2. The third kappa shape index (κ3) is 6.75. The van der Waals surface area contributed by atoms with Gasteiger partial charge >= 0.3 is 6.18 Å². The van der Waals surface area contributed by atoms with E-state index in [2.05, 4.69) is 35.9 Å². The molecule has 2 aliphatic rings. The standard InChI is InChI=1S/C25H27F4N9O/c1-16-4-5-38(36-16)21-11-17(25(27,28)29)10-20(12-21)33-19-3-2-18(30-13-19)14-32-35-24-31-15-22(26)23(34-24)37-6-8-39-9-7-37/h2-3,10-13,15-16,33,36H,4-9,14H2,1H3. The quantitative estimate of drug-likeness (QED) is 0.316. The molecule has 1 aromatic carbocycles. The molecule has 2 aliphatic heterocycles. The van der Waals surface area contributed by atoms with Crippen molar-refractivity contribution < 1.29 is 22.3 Å². The molecule has 2 fully saturated rings. The normalized spacial score (nSPS) is 18.2. The Kier molecular flexibility index (Phi) is 7.84. The van der Waals surface area contributed by atoms with E-state index in [1.165, 1.54) is 6.20 Å². The molecule has 2 aromatic heterocycles. The van der Waals surface area contributed by atoms with E-state index in [4.69, 9.17) is 4.74 Å². The first-order valence-corrected chi connectivity index (χ1v) is 12.5. The number of nitrogens with one attached hydrogen (secondary N) is 2. The molecular formula is C25H27F4N9O. The SMILES string of the molecule is CC1CCN(c2cc(Nc3ccc(CN=Nc4ncc(F)c(N5CCOCC5)n4)nc3)cc(C(F)(F)F)c2)N1. The summed E-state index contributed by atoms with van der Waals surface area (Å²) in [6.07, 6.45) is -1.08. The number of benzene rings is 1. The van der Waals surface area contributed by atoms with Crippen LogP contribution in [0.3, 0.4) is 0 Å². The molecule has 0 radical (unpaired) electrons. The summed E-state index contributed by atoms with van der Waals surface area (Å²) in [7, 11) is 0. The second kappa shape index (κ2) is 11.5. The Labute approximate surface area is 222 Å². The summed E-state index contributed by atoms with van der Waals surface area (Å²) in [5.41, 5.74) is 4.24. The van der Waals surface area contributed by atoms with Gasteiger partial charge in [-0.15, -0.1) is 5.11 Å². The Morgan fingerprint density at radius 1 is 1.08 bits per heavy atom. The van der Waals surface area contributed by atoms with E-state index in [0.717, 1.165) is 24.8 Å². The molecule has 14 heteroatoms. The highest BCUT2D eigenvalue weighted by atomic mass is 19.4.